The molecule has 3 fully saturated rings. The number of carbonyl (C=O) groups excluding carboxylic acids is 3. The number of hydrogen-bond acceptors (Lipinski definition) is 5. The first-order valence-electron chi connectivity index (χ1n) is 12.0. The summed E-state index contributed by atoms with van der Waals surface area (Å²) in [7, 11) is 0. The van der Waals surface area contributed by atoms with Crippen molar-refractivity contribution >= 4 is 17.8 Å². The Bertz CT molecular complexity index is 1030. The average Bonchev–Trinajstić information content (AvgIpc) is 3.63. The van der Waals surface area contributed by atoms with E-state index in [2.05, 4.69) is 20.4 Å². The molecule has 5 rings (SSSR count). The van der Waals surface area contributed by atoms with E-state index < -0.39 is 5.54 Å². The summed E-state index contributed by atoms with van der Waals surface area (Å²) in [6, 6.07) is 19.3. The minimum atomic E-state index is -1.12. The van der Waals surface area contributed by atoms with E-state index in [0.29, 0.717) is 32.1 Å². The highest BCUT2D eigenvalue weighted by Crippen LogP contribution is 2.33. The zero-order chi connectivity index (χ0) is 23.5. The molecule has 2 heterocycles. The minimum absolute atomic E-state index is 0.0820. The number of imide groups is 1. The standard InChI is InChI=1S/C26H31N5O3/c32-23(27-22-11-12-22)18-29-13-15-30(16-14-29)19-31-24(33)26(28-25(31)34,21-9-5-2-6-10-21)17-20-7-3-1-4-8-20/h1-10,22H,11-19H2,(H,27,32)(H,28,34)/t26-/m0/s1. The quantitative estimate of drug-likeness (QED) is 0.583. The SMILES string of the molecule is O=C(CN1CCN(CN2C(=O)N[C@@](Cc3ccccc3)(c3ccccc3)C2=O)CC1)NC1CC1. The van der Waals surface area contributed by atoms with Crippen LogP contribution in [-0.2, 0) is 21.5 Å². The summed E-state index contributed by atoms with van der Waals surface area (Å²) in [5, 5.41) is 6.06. The molecule has 3 aliphatic rings. The van der Waals surface area contributed by atoms with Crippen molar-refractivity contribution in [3.63, 3.8) is 0 Å². The van der Waals surface area contributed by atoms with Crippen LogP contribution in [0.4, 0.5) is 4.79 Å². The van der Waals surface area contributed by atoms with Crippen LogP contribution >= 0.6 is 0 Å². The van der Waals surface area contributed by atoms with Crippen LogP contribution in [0.1, 0.15) is 24.0 Å². The molecule has 8 heteroatoms. The van der Waals surface area contributed by atoms with Gasteiger partial charge in [0.05, 0.1) is 13.2 Å². The van der Waals surface area contributed by atoms with E-state index in [-0.39, 0.29) is 24.5 Å². The summed E-state index contributed by atoms with van der Waals surface area (Å²) in [6.45, 7) is 3.51. The number of hydrogen-bond donors (Lipinski definition) is 2. The average molecular weight is 462 g/mol. The molecule has 1 saturated carbocycles. The van der Waals surface area contributed by atoms with Gasteiger partial charge in [-0.05, 0) is 24.0 Å². The van der Waals surface area contributed by atoms with Crippen LogP contribution in [0, 0.1) is 0 Å². The van der Waals surface area contributed by atoms with Crippen LogP contribution in [0.5, 0.6) is 0 Å². The van der Waals surface area contributed by atoms with Gasteiger partial charge in [-0.1, -0.05) is 60.7 Å². The molecule has 1 atom stereocenters. The minimum Gasteiger partial charge on any atom is -0.352 e. The van der Waals surface area contributed by atoms with Gasteiger partial charge in [0, 0.05) is 38.6 Å². The molecule has 2 N–H and O–H groups in total. The Morgan fingerprint density at radius 3 is 2.18 bits per heavy atom. The fourth-order valence-corrected chi connectivity index (χ4v) is 4.79. The highest BCUT2D eigenvalue weighted by molar-refractivity contribution is 6.07. The zero-order valence-corrected chi connectivity index (χ0v) is 19.3. The number of amides is 4. The van der Waals surface area contributed by atoms with Gasteiger partial charge in [-0.3, -0.25) is 19.4 Å². The molecule has 1 aliphatic carbocycles. The van der Waals surface area contributed by atoms with Gasteiger partial charge in [0.1, 0.15) is 0 Å². The molecule has 178 valence electrons. The highest BCUT2D eigenvalue weighted by atomic mass is 16.2. The zero-order valence-electron chi connectivity index (χ0n) is 19.3. The fraction of sp³-hybridized carbons (Fsp3) is 0.423. The number of benzene rings is 2. The Morgan fingerprint density at radius 2 is 1.53 bits per heavy atom. The van der Waals surface area contributed by atoms with Crippen molar-refractivity contribution in [2.45, 2.75) is 30.8 Å². The van der Waals surface area contributed by atoms with E-state index >= 15 is 0 Å². The smallest absolute Gasteiger partial charge is 0.326 e. The van der Waals surface area contributed by atoms with Crippen molar-refractivity contribution in [1.29, 1.82) is 0 Å². The number of carbonyl (C=O) groups is 3. The maximum Gasteiger partial charge on any atom is 0.326 e. The second kappa shape index (κ2) is 9.56. The van der Waals surface area contributed by atoms with Gasteiger partial charge in [-0.2, -0.15) is 0 Å². The van der Waals surface area contributed by atoms with Gasteiger partial charge < -0.3 is 10.6 Å². The Hall–Kier alpha value is -3.23. The van der Waals surface area contributed by atoms with Gasteiger partial charge in [-0.25, -0.2) is 9.69 Å². The van der Waals surface area contributed by atoms with Gasteiger partial charge in [0.25, 0.3) is 5.91 Å². The van der Waals surface area contributed by atoms with E-state index in [1.165, 1.54) is 4.90 Å². The predicted octanol–water partition coefficient (Wildman–Crippen LogP) is 1.53. The summed E-state index contributed by atoms with van der Waals surface area (Å²) in [5.74, 6) is -0.141. The number of rotatable bonds is 8. The predicted molar refractivity (Wildman–Crippen MR) is 128 cm³/mol. The first-order chi connectivity index (χ1) is 16.5. The number of piperazine rings is 1. The van der Waals surface area contributed by atoms with Crippen molar-refractivity contribution in [3.05, 3.63) is 71.8 Å². The maximum absolute atomic E-state index is 13.8. The molecule has 0 radical (unpaired) electrons. The van der Waals surface area contributed by atoms with E-state index in [9.17, 15) is 14.4 Å². The van der Waals surface area contributed by atoms with Gasteiger partial charge >= 0.3 is 6.03 Å². The van der Waals surface area contributed by atoms with Crippen LogP contribution < -0.4 is 10.6 Å². The van der Waals surface area contributed by atoms with Gasteiger partial charge in [0.15, 0.2) is 5.54 Å². The topological polar surface area (TPSA) is 85.0 Å². The Balaban J connectivity index is 1.25. The molecule has 2 aromatic carbocycles. The molecule has 4 amide bonds. The van der Waals surface area contributed by atoms with Crippen LogP contribution in [0.15, 0.2) is 60.7 Å². The summed E-state index contributed by atoms with van der Waals surface area (Å²) in [6.07, 6.45) is 2.56. The highest BCUT2D eigenvalue weighted by Gasteiger charge is 2.52. The van der Waals surface area contributed by atoms with E-state index in [0.717, 1.165) is 37.1 Å². The van der Waals surface area contributed by atoms with Crippen LogP contribution in [0.2, 0.25) is 0 Å². The Morgan fingerprint density at radius 1 is 0.912 bits per heavy atom. The van der Waals surface area contributed by atoms with Crippen molar-refractivity contribution < 1.29 is 14.4 Å². The van der Waals surface area contributed by atoms with E-state index in [4.69, 9.17) is 0 Å². The molecule has 2 aliphatic heterocycles. The third kappa shape index (κ3) is 4.83. The van der Waals surface area contributed by atoms with Gasteiger partial charge in [0.2, 0.25) is 5.91 Å². The van der Waals surface area contributed by atoms with Gasteiger partial charge in [-0.15, -0.1) is 0 Å². The van der Waals surface area contributed by atoms with E-state index in [1.54, 1.807) is 0 Å². The summed E-state index contributed by atoms with van der Waals surface area (Å²) in [5.41, 5.74) is 0.647. The first kappa shape index (κ1) is 22.6. The summed E-state index contributed by atoms with van der Waals surface area (Å²) in [4.78, 5) is 44.5. The van der Waals surface area contributed by atoms with Crippen LogP contribution in [0.25, 0.3) is 0 Å². The Kier molecular flexibility index (Phi) is 6.34. The van der Waals surface area contributed by atoms with Crippen LogP contribution in [0.3, 0.4) is 0 Å². The summed E-state index contributed by atoms with van der Waals surface area (Å²) >= 11 is 0. The maximum atomic E-state index is 13.8. The molecule has 0 bridgehead atoms. The first-order valence-corrected chi connectivity index (χ1v) is 12.0. The Labute approximate surface area is 199 Å². The fourth-order valence-electron chi connectivity index (χ4n) is 4.79. The molecule has 2 saturated heterocycles. The molecule has 2 aromatic rings. The van der Waals surface area contributed by atoms with Crippen molar-refractivity contribution in [3.8, 4) is 0 Å². The molecular weight excluding hydrogens is 430 g/mol. The molecule has 0 aromatic heterocycles. The lowest BCUT2D eigenvalue weighted by atomic mass is 9.83. The molecule has 0 spiro atoms. The number of nitrogens with one attached hydrogen (secondary N) is 2. The summed E-state index contributed by atoms with van der Waals surface area (Å²) < 4.78 is 0. The van der Waals surface area contributed by atoms with Crippen molar-refractivity contribution in [1.82, 2.24) is 25.3 Å². The van der Waals surface area contributed by atoms with Crippen molar-refractivity contribution in [2.75, 3.05) is 39.4 Å². The third-order valence-corrected chi connectivity index (χ3v) is 6.87. The second-order valence-electron chi connectivity index (χ2n) is 9.47. The molecule has 34 heavy (non-hydrogen) atoms. The lowest BCUT2D eigenvalue weighted by Crippen LogP contribution is -2.53. The second-order valence-corrected chi connectivity index (χ2v) is 9.47. The lowest BCUT2D eigenvalue weighted by molar-refractivity contribution is -0.133. The molecule has 0 unspecified atom stereocenters. The van der Waals surface area contributed by atoms with Crippen molar-refractivity contribution in [2.24, 2.45) is 0 Å². The van der Waals surface area contributed by atoms with Crippen LogP contribution in [-0.4, -0.2) is 78.0 Å². The normalized spacial score (nSPS) is 23.7. The number of urea groups is 1. The third-order valence-electron chi connectivity index (χ3n) is 6.87. The molecular formula is C26H31N5O3. The van der Waals surface area contributed by atoms with E-state index in [1.807, 2.05) is 60.7 Å². The molecule has 8 nitrogen and oxygen atoms in total. The largest absolute Gasteiger partial charge is 0.352 e. The number of nitrogens with zero attached hydrogens (tertiary/aromatic N) is 3. The monoisotopic (exact) mass is 461 g/mol. The lowest BCUT2D eigenvalue weighted by Gasteiger charge is -2.35.